The number of carboxylic acid groups (broad SMARTS) is 1. The molecule has 4 amide bonds. The van der Waals surface area contributed by atoms with Gasteiger partial charge in [-0.3, -0.25) is 19.2 Å². The fourth-order valence-electron chi connectivity index (χ4n) is 2.59. The van der Waals surface area contributed by atoms with Crippen LogP contribution in [0.2, 0.25) is 0 Å². The average molecular weight is 462 g/mol. The SMILES string of the molecule is CCC(C)C(N)C(=O)NC(CC(N)=O)C(=O)NC(C(=O)NC(CS)C(=O)O)C(C)CC. The fraction of sp³-hybridized carbons (Fsp3) is 0.737. The Morgan fingerprint density at radius 2 is 1.39 bits per heavy atom. The van der Waals surface area contributed by atoms with Crippen molar-refractivity contribution in [3.05, 3.63) is 0 Å². The van der Waals surface area contributed by atoms with Crippen LogP contribution in [0.1, 0.15) is 47.0 Å². The number of nitrogens with two attached hydrogens (primary N) is 2. The zero-order valence-corrected chi connectivity index (χ0v) is 19.3. The van der Waals surface area contributed by atoms with Crippen LogP contribution in [-0.2, 0) is 24.0 Å². The summed E-state index contributed by atoms with van der Waals surface area (Å²) >= 11 is 3.90. The molecule has 0 aromatic heterocycles. The van der Waals surface area contributed by atoms with Crippen molar-refractivity contribution < 1.29 is 29.1 Å². The summed E-state index contributed by atoms with van der Waals surface area (Å²) in [5.41, 5.74) is 11.1. The number of primary amides is 1. The van der Waals surface area contributed by atoms with Gasteiger partial charge in [0.25, 0.3) is 0 Å². The molecule has 178 valence electrons. The van der Waals surface area contributed by atoms with Gasteiger partial charge >= 0.3 is 5.97 Å². The third-order valence-electron chi connectivity index (χ3n) is 5.19. The lowest BCUT2D eigenvalue weighted by molar-refractivity contribution is -0.142. The maximum absolute atomic E-state index is 12.8. The first-order chi connectivity index (χ1) is 14.4. The van der Waals surface area contributed by atoms with Crippen LogP contribution in [0.25, 0.3) is 0 Å². The zero-order chi connectivity index (χ0) is 24.3. The van der Waals surface area contributed by atoms with Gasteiger partial charge in [0, 0.05) is 5.75 Å². The molecule has 12 heteroatoms. The Labute approximate surface area is 187 Å². The van der Waals surface area contributed by atoms with Gasteiger partial charge in [0.2, 0.25) is 23.6 Å². The van der Waals surface area contributed by atoms with Crippen molar-refractivity contribution in [1.82, 2.24) is 16.0 Å². The molecule has 0 saturated heterocycles. The third-order valence-corrected chi connectivity index (χ3v) is 5.55. The van der Waals surface area contributed by atoms with Gasteiger partial charge in [-0.05, 0) is 11.8 Å². The molecule has 31 heavy (non-hydrogen) atoms. The van der Waals surface area contributed by atoms with Crippen LogP contribution in [0.15, 0.2) is 0 Å². The average Bonchev–Trinajstić information content (AvgIpc) is 2.72. The lowest BCUT2D eigenvalue weighted by atomic mass is 9.97. The van der Waals surface area contributed by atoms with Gasteiger partial charge in [-0.15, -0.1) is 0 Å². The highest BCUT2D eigenvalue weighted by molar-refractivity contribution is 7.80. The summed E-state index contributed by atoms with van der Waals surface area (Å²) < 4.78 is 0. The molecule has 0 aliphatic carbocycles. The number of carbonyl (C=O) groups excluding carboxylic acids is 4. The molecule has 6 unspecified atom stereocenters. The molecule has 0 aliphatic rings. The van der Waals surface area contributed by atoms with Crippen molar-refractivity contribution in [2.75, 3.05) is 5.75 Å². The van der Waals surface area contributed by atoms with E-state index < -0.39 is 60.2 Å². The van der Waals surface area contributed by atoms with Crippen molar-refractivity contribution in [2.24, 2.45) is 23.3 Å². The van der Waals surface area contributed by atoms with Crippen molar-refractivity contribution >= 4 is 42.2 Å². The van der Waals surface area contributed by atoms with E-state index in [1.807, 2.05) is 6.92 Å². The lowest BCUT2D eigenvalue weighted by Gasteiger charge is -2.28. The molecule has 0 aliphatic heterocycles. The van der Waals surface area contributed by atoms with E-state index in [1.165, 1.54) is 0 Å². The molecule has 0 radical (unpaired) electrons. The molecule has 0 fully saturated rings. The van der Waals surface area contributed by atoms with Gasteiger partial charge < -0.3 is 32.5 Å². The minimum Gasteiger partial charge on any atom is -0.480 e. The van der Waals surface area contributed by atoms with E-state index in [1.54, 1.807) is 20.8 Å². The number of carboxylic acids is 1. The minimum atomic E-state index is -1.33. The standard InChI is InChI=1S/C19H35N5O6S/c1-5-9(3)14(21)17(27)22-11(7-13(20)25)16(26)24-15(10(4)6-2)18(28)23-12(8-31)19(29)30/h9-12,14-15,31H,5-8,21H2,1-4H3,(H2,20,25)(H,22,27)(H,23,28)(H,24,26)(H,29,30). The Balaban J connectivity index is 5.53. The summed E-state index contributed by atoms with van der Waals surface area (Å²) in [6, 6.07) is -4.57. The Kier molecular flexibility index (Phi) is 12.8. The Hall–Kier alpha value is -2.34. The molecule has 0 bridgehead atoms. The largest absolute Gasteiger partial charge is 0.480 e. The van der Waals surface area contributed by atoms with Crippen molar-refractivity contribution in [1.29, 1.82) is 0 Å². The zero-order valence-electron chi connectivity index (χ0n) is 18.4. The summed E-state index contributed by atoms with van der Waals surface area (Å²) in [5, 5.41) is 16.4. The number of carbonyl (C=O) groups is 5. The number of amides is 4. The molecule has 0 saturated carbocycles. The quantitative estimate of drug-likeness (QED) is 0.157. The van der Waals surface area contributed by atoms with Crippen LogP contribution in [0.5, 0.6) is 0 Å². The normalized spacial score (nSPS) is 16.7. The molecular formula is C19H35N5O6S. The molecule has 6 atom stereocenters. The highest BCUT2D eigenvalue weighted by Gasteiger charge is 2.33. The first-order valence-corrected chi connectivity index (χ1v) is 10.8. The van der Waals surface area contributed by atoms with E-state index >= 15 is 0 Å². The van der Waals surface area contributed by atoms with E-state index in [0.29, 0.717) is 12.8 Å². The number of aliphatic carboxylic acids is 1. The van der Waals surface area contributed by atoms with E-state index in [-0.39, 0.29) is 17.6 Å². The van der Waals surface area contributed by atoms with Crippen molar-refractivity contribution in [2.45, 2.75) is 71.1 Å². The summed E-state index contributed by atoms with van der Waals surface area (Å²) in [5.74, 6) is -4.92. The second kappa shape index (κ2) is 13.9. The molecule has 8 N–H and O–H groups in total. The Morgan fingerprint density at radius 1 is 0.871 bits per heavy atom. The van der Waals surface area contributed by atoms with Crippen molar-refractivity contribution in [3.63, 3.8) is 0 Å². The number of thiol groups is 1. The van der Waals surface area contributed by atoms with Crippen LogP contribution in [0.4, 0.5) is 0 Å². The summed E-state index contributed by atoms with van der Waals surface area (Å²) in [4.78, 5) is 60.5. The first-order valence-electron chi connectivity index (χ1n) is 10.2. The second-order valence-corrected chi connectivity index (χ2v) is 7.96. The molecule has 0 aromatic carbocycles. The Bertz CT molecular complexity index is 662. The van der Waals surface area contributed by atoms with E-state index in [0.717, 1.165) is 0 Å². The summed E-state index contributed by atoms with van der Waals surface area (Å²) in [6.45, 7) is 7.12. The minimum absolute atomic E-state index is 0.143. The maximum atomic E-state index is 12.8. The van der Waals surface area contributed by atoms with E-state index in [2.05, 4.69) is 28.6 Å². The molecule has 0 aromatic rings. The van der Waals surface area contributed by atoms with Crippen LogP contribution >= 0.6 is 12.6 Å². The van der Waals surface area contributed by atoms with Crippen LogP contribution in [0, 0.1) is 11.8 Å². The molecule has 11 nitrogen and oxygen atoms in total. The van der Waals surface area contributed by atoms with Gasteiger partial charge in [0.15, 0.2) is 0 Å². The second-order valence-electron chi connectivity index (χ2n) is 7.60. The smallest absolute Gasteiger partial charge is 0.327 e. The highest BCUT2D eigenvalue weighted by Crippen LogP contribution is 2.10. The maximum Gasteiger partial charge on any atom is 0.327 e. The van der Waals surface area contributed by atoms with Crippen LogP contribution < -0.4 is 27.4 Å². The molecule has 0 rings (SSSR count). The van der Waals surface area contributed by atoms with Gasteiger partial charge in [0.1, 0.15) is 18.1 Å². The molecule has 0 spiro atoms. The molecule has 0 heterocycles. The number of rotatable bonds is 14. The number of hydrogen-bond donors (Lipinski definition) is 7. The predicted molar refractivity (Wildman–Crippen MR) is 118 cm³/mol. The predicted octanol–water partition coefficient (Wildman–Crippen LogP) is -1.25. The van der Waals surface area contributed by atoms with Crippen LogP contribution in [-0.4, -0.2) is 64.6 Å². The summed E-state index contributed by atoms with van der Waals surface area (Å²) in [7, 11) is 0. The van der Waals surface area contributed by atoms with Crippen molar-refractivity contribution in [3.8, 4) is 0 Å². The lowest BCUT2D eigenvalue weighted by Crippen LogP contribution is -2.59. The highest BCUT2D eigenvalue weighted by atomic mass is 32.1. The van der Waals surface area contributed by atoms with Gasteiger partial charge in [-0.25, -0.2) is 4.79 Å². The molecular weight excluding hydrogens is 426 g/mol. The monoisotopic (exact) mass is 461 g/mol. The third kappa shape index (κ3) is 9.55. The number of nitrogens with one attached hydrogen (secondary N) is 3. The topological polar surface area (TPSA) is 194 Å². The summed E-state index contributed by atoms with van der Waals surface area (Å²) in [6.07, 6.45) is 0.629. The first kappa shape index (κ1) is 28.7. The number of hydrogen-bond acceptors (Lipinski definition) is 7. The van der Waals surface area contributed by atoms with Gasteiger partial charge in [0.05, 0.1) is 12.5 Å². The van der Waals surface area contributed by atoms with Crippen LogP contribution in [0.3, 0.4) is 0 Å². The Morgan fingerprint density at radius 3 is 1.81 bits per heavy atom. The van der Waals surface area contributed by atoms with Gasteiger partial charge in [-0.1, -0.05) is 40.5 Å². The van der Waals surface area contributed by atoms with E-state index in [4.69, 9.17) is 16.6 Å². The van der Waals surface area contributed by atoms with E-state index in [9.17, 15) is 24.0 Å². The fourth-order valence-corrected chi connectivity index (χ4v) is 2.84. The van der Waals surface area contributed by atoms with Gasteiger partial charge in [-0.2, -0.15) is 12.6 Å².